The first-order valence-electron chi connectivity index (χ1n) is 9.63. The fourth-order valence-corrected chi connectivity index (χ4v) is 3.98. The minimum atomic E-state index is -0.526. The Morgan fingerprint density at radius 2 is 1.77 bits per heavy atom. The number of hydrogen-bond acceptors (Lipinski definition) is 5. The number of nitrogens with zero attached hydrogens (tertiary/aromatic N) is 2. The molecule has 1 aliphatic carbocycles. The van der Waals surface area contributed by atoms with Gasteiger partial charge in [-0.1, -0.05) is 24.1 Å². The summed E-state index contributed by atoms with van der Waals surface area (Å²) in [6.07, 6.45) is 9.12. The van der Waals surface area contributed by atoms with Crippen molar-refractivity contribution in [2.24, 2.45) is 0 Å². The predicted octanol–water partition coefficient (Wildman–Crippen LogP) is 4.65. The Morgan fingerprint density at radius 1 is 1.08 bits per heavy atom. The third-order valence-electron chi connectivity index (χ3n) is 5.13. The predicted molar refractivity (Wildman–Crippen MR) is 103 cm³/mol. The van der Waals surface area contributed by atoms with Gasteiger partial charge in [-0.15, -0.1) is 0 Å². The molecule has 1 aromatic carbocycles. The number of benzene rings is 1. The number of rotatable bonds is 5. The van der Waals surface area contributed by atoms with Gasteiger partial charge in [0.15, 0.2) is 0 Å². The Labute approximate surface area is 156 Å². The molecule has 2 aliphatic rings. The molecule has 0 radical (unpaired) electrons. The molecule has 0 N–H and O–H groups in total. The van der Waals surface area contributed by atoms with Crippen molar-refractivity contribution < 1.29 is 14.3 Å². The summed E-state index contributed by atoms with van der Waals surface area (Å²) in [6, 6.07) is 4.42. The van der Waals surface area contributed by atoms with Crippen molar-refractivity contribution in [3.05, 3.63) is 41.2 Å². The maximum Gasteiger partial charge on any atom is 0.508 e. The van der Waals surface area contributed by atoms with E-state index < -0.39 is 6.16 Å². The number of ether oxygens (including phenoxy) is 2. The smallest absolute Gasteiger partial charge is 0.432 e. The average Bonchev–Trinajstić information content (AvgIpc) is 3.03. The summed E-state index contributed by atoms with van der Waals surface area (Å²) < 4.78 is 10.6. The zero-order chi connectivity index (χ0) is 18.5. The van der Waals surface area contributed by atoms with E-state index in [0.717, 1.165) is 32.4 Å². The van der Waals surface area contributed by atoms with Gasteiger partial charge in [-0.25, -0.2) is 4.79 Å². The molecule has 0 bridgehead atoms. The first kappa shape index (κ1) is 18.6. The average molecular weight is 358 g/mol. The highest BCUT2D eigenvalue weighted by Gasteiger charge is 2.20. The first-order valence-corrected chi connectivity index (χ1v) is 9.63. The van der Waals surface area contributed by atoms with Crippen LogP contribution in [0.4, 0.5) is 10.5 Å². The van der Waals surface area contributed by atoms with E-state index >= 15 is 0 Å². The van der Waals surface area contributed by atoms with Crippen LogP contribution in [0.1, 0.15) is 48.8 Å². The lowest BCUT2D eigenvalue weighted by atomic mass is 9.98. The molecule has 1 saturated carbocycles. The molecule has 0 atom stereocenters. The molecular formula is C21H30N2O3. The Bertz CT molecular complexity index is 642. The van der Waals surface area contributed by atoms with Gasteiger partial charge in [-0.05, 0) is 57.6 Å². The molecule has 0 aromatic heterocycles. The van der Waals surface area contributed by atoms with Gasteiger partial charge < -0.3 is 19.3 Å². The summed E-state index contributed by atoms with van der Waals surface area (Å²) in [5.41, 5.74) is 5.10. The highest BCUT2D eigenvalue weighted by Crippen LogP contribution is 2.28. The van der Waals surface area contributed by atoms with Crippen LogP contribution in [-0.2, 0) is 9.47 Å². The second kappa shape index (κ2) is 8.47. The summed E-state index contributed by atoms with van der Waals surface area (Å²) in [7, 11) is 0. The zero-order valence-corrected chi connectivity index (χ0v) is 16.2. The number of aryl methyl sites for hydroxylation is 3. The van der Waals surface area contributed by atoms with Gasteiger partial charge in [-0.3, -0.25) is 0 Å². The Balaban J connectivity index is 1.42. The van der Waals surface area contributed by atoms with Gasteiger partial charge >= 0.3 is 6.16 Å². The van der Waals surface area contributed by atoms with E-state index in [-0.39, 0.29) is 6.10 Å². The fraction of sp³-hybridized carbons (Fsp3) is 0.571. The molecular weight excluding hydrogens is 328 g/mol. The monoisotopic (exact) mass is 358 g/mol. The van der Waals surface area contributed by atoms with Crippen molar-refractivity contribution in [1.82, 2.24) is 4.90 Å². The normalized spacial score (nSPS) is 17.7. The van der Waals surface area contributed by atoms with Crippen LogP contribution in [-0.4, -0.2) is 37.0 Å². The molecule has 0 unspecified atom stereocenters. The molecule has 142 valence electrons. The van der Waals surface area contributed by atoms with Crippen LogP contribution in [0.25, 0.3) is 0 Å². The maximum atomic E-state index is 11.8. The Hall–Kier alpha value is -2.17. The highest BCUT2D eigenvalue weighted by molar-refractivity contribution is 5.62. The van der Waals surface area contributed by atoms with Gasteiger partial charge in [0.05, 0.1) is 13.2 Å². The molecule has 1 aromatic rings. The van der Waals surface area contributed by atoms with Crippen molar-refractivity contribution in [3.63, 3.8) is 0 Å². The maximum absolute atomic E-state index is 11.8. The van der Waals surface area contributed by atoms with Crippen molar-refractivity contribution in [2.75, 3.05) is 24.7 Å². The van der Waals surface area contributed by atoms with Crippen LogP contribution in [0, 0.1) is 20.8 Å². The Morgan fingerprint density at radius 3 is 2.46 bits per heavy atom. The van der Waals surface area contributed by atoms with Crippen molar-refractivity contribution in [3.8, 4) is 0 Å². The largest absolute Gasteiger partial charge is 0.508 e. The summed E-state index contributed by atoms with van der Waals surface area (Å²) in [5, 5.41) is 0. The van der Waals surface area contributed by atoms with E-state index in [1.165, 1.54) is 28.8 Å². The van der Waals surface area contributed by atoms with Crippen LogP contribution in [0.15, 0.2) is 24.5 Å². The lowest BCUT2D eigenvalue weighted by Gasteiger charge is -2.25. The van der Waals surface area contributed by atoms with Crippen LogP contribution in [0.2, 0.25) is 0 Å². The molecule has 1 fully saturated rings. The quantitative estimate of drug-likeness (QED) is 0.717. The van der Waals surface area contributed by atoms with Crippen LogP contribution in [0.3, 0.4) is 0 Å². The van der Waals surface area contributed by atoms with Crippen LogP contribution >= 0.6 is 0 Å². The summed E-state index contributed by atoms with van der Waals surface area (Å²) in [5.74, 6) is 0. The van der Waals surface area contributed by atoms with Gasteiger partial charge in [0, 0.05) is 18.1 Å². The van der Waals surface area contributed by atoms with E-state index in [0.29, 0.717) is 13.2 Å². The van der Waals surface area contributed by atoms with Crippen LogP contribution in [0.5, 0.6) is 0 Å². The van der Waals surface area contributed by atoms with Gasteiger partial charge in [0.1, 0.15) is 12.7 Å². The third-order valence-corrected chi connectivity index (χ3v) is 5.13. The minimum Gasteiger partial charge on any atom is -0.432 e. The Kier molecular flexibility index (Phi) is 6.07. The molecule has 1 heterocycles. The highest BCUT2D eigenvalue weighted by atomic mass is 16.7. The SMILES string of the molecule is Cc1cc(C)c(N2C=CN(CCOC(=O)OC3CCCCC3)C2)c(C)c1. The molecule has 3 rings (SSSR count). The fourth-order valence-electron chi connectivity index (χ4n) is 3.98. The van der Waals surface area contributed by atoms with Gasteiger partial charge in [0.25, 0.3) is 0 Å². The van der Waals surface area contributed by atoms with E-state index in [1.807, 2.05) is 0 Å². The molecule has 0 saturated heterocycles. The molecule has 26 heavy (non-hydrogen) atoms. The van der Waals surface area contributed by atoms with E-state index in [4.69, 9.17) is 9.47 Å². The number of carbonyl (C=O) groups is 1. The molecule has 1 aliphatic heterocycles. The summed E-state index contributed by atoms with van der Waals surface area (Å²) in [6.45, 7) is 8.20. The topological polar surface area (TPSA) is 42.0 Å². The third kappa shape index (κ3) is 4.71. The van der Waals surface area contributed by atoms with Crippen molar-refractivity contribution >= 4 is 11.8 Å². The lowest BCUT2D eigenvalue weighted by Crippen LogP contribution is -2.29. The second-order valence-corrected chi connectivity index (χ2v) is 7.45. The van der Waals surface area contributed by atoms with E-state index in [2.05, 4.69) is 55.1 Å². The van der Waals surface area contributed by atoms with E-state index in [9.17, 15) is 4.79 Å². The van der Waals surface area contributed by atoms with Gasteiger partial charge in [0.2, 0.25) is 0 Å². The number of hydrogen-bond donors (Lipinski definition) is 0. The summed E-state index contributed by atoms with van der Waals surface area (Å²) in [4.78, 5) is 16.2. The lowest BCUT2D eigenvalue weighted by molar-refractivity contribution is 0.00925. The van der Waals surface area contributed by atoms with Gasteiger partial charge in [-0.2, -0.15) is 0 Å². The molecule has 0 amide bonds. The van der Waals surface area contributed by atoms with Crippen LogP contribution < -0.4 is 4.90 Å². The number of carbonyl (C=O) groups excluding carboxylic acids is 1. The van der Waals surface area contributed by atoms with E-state index in [1.54, 1.807) is 0 Å². The second-order valence-electron chi connectivity index (χ2n) is 7.45. The zero-order valence-electron chi connectivity index (χ0n) is 16.2. The van der Waals surface area contributed by atoms with Crippen molar-refractivity contribution in [1.29, 1.82) is 0 Å². The van der Waals surface area contributed by atoms with Crippen molar-refractivity contribution in [2.45, 2.75) is 59.0 Å². The standard InChI is InChI=1S/C21H30N2O3/c1-16-13-17(2)20(18(3)14-16)23-10-9-22(15-23)11-12-25-21(24)26-19-7-5-4-6-8-19/h9-10,13-14,19H,4-8,11-12,15H2,1-3H3. The first-order chi connectivity index (χ1) is 12.5. The molecule has 0 spiro atoms. The minimum absolute atomic E-state index is 0.0471. The number of anilines is 1. The molecule has 5 nitrogen and oxygen atoms in total. The molecule has 5 heteroatoms. The summed E-state index contributed by atoms with van der Waals surface area (Å²) >= 11 is 0.